The zero-order chi connectivity index (χ0) is 24.4. The first-order valence-corrected chi connectivity index (χ1v) is 11.9. The Hall–Kier alpha value is -4.06. The third kappa shape index (κ3) is 4.92. The van der Waals surface area contributed by atoms with E-state index in [2.05, 4.69) is 19.1 Å². The van der Waals surface area contributed by atoms with Gasteiger partial charge in [0.2, 0.25) is 0 Å². The zero-order valence-electron chi connectivity index (χ0n) is 20.0. The van der Waals surface area contributed by atoms with Gasteiger partial charge in [-0.15, -0.1) is 0 Å². The number of likely N-dealkylation sites (tertiary alicyclic amines) is 1. The van der Waals surface area contributed by atoms with Crippen LogP contribution in [-0.4, -0.2) is 46.4 Å². The van der Waals surface area contributed by atoms with E-state index in [4.69, 9.17) is 14.7 Å². The fraction of sp³-hybridized carbons (Fsp3) is 0.241. The fourth-order valence-electron chi connectivity index (χ4n) is 4.28. The van der Waals surface area contributed by atoms with Crippen LogP contribution in [0.1, 0.15) is 34.3 Å². The van der Waals surface area contributed by atoms with E-state index in [0.717, 1.165) is 54.0 Å². The van der Waals surface area contributed by atoms with Crippen LogP contribution in [0.2, 0.25) is 0 Å². The minimum atomic E-state index is -0.541. The third-order valence-electron chi connectivity index (χ3n) is 6.34. The molecule has 0 atom stereocenters. The maximum atomic E-state index is 12.7. The number of nitrogens with zero attached hydrogens (tertiary/aromatic N) is 3. The van der Waals surface area contributed by atoms with Crippen LogP contribution < -0.4 is 0 Å². The zero-order valence-corrected chi connectivity index (χ0v) is 20.0. The molecule has 1 aliphatic rings. The smallest absolute Gasteiger partial charge is 0.338 e. The summed E-state index contributed by atoms with van der Waals surface area (Å²) in [5, 5.41) is 0. The van der Waals surface area contributed by atoms with Crippen molar-refractivity contribution in [2.24, 2.45) is 0 Å². The van der Waals surface area contributed by atoms with Crippen LogP contribution >= 0.6 is 0 Å². The minimum absolute atomic E-state index is 0.152. The lowest BCUT2D eigenvalue weighted by molar-refractivity contribution is -0.133. The molecular weight excluding hydrogens is 438 g/mol. The molecule has 0 radical (unpaired) electrons. The third-order valence-corrected chi connectivity index (χ3v) is 6.34. The Morgan fingerprint density at radius 3 is 1.89 bits per heavy atom. The number of amides is 1. The van der Waals surface area contributed by atoms with Crippen molar-refractivity contribution in [1.82, 2.24) is 14.9 Å². The van der Waals surface area contributed by atoms with E-state index in [9.17, 15) is 9.59 Å². The topological polar surface area (TPSA) is 72.4 Å². The summed E-state index contributed by atoms with van der Waals surface area (Å²) >= 11 is 0. The number of carbonyl (C=O) groups excluding carboxylic acids is 2. The van der Waals surface area contributed by atoms with Crippen molar-refractivity contribution in [3.8, 4) is 22.5 Å². The highest BCUT2D eigenvalue weighted by Crippen LogP contribution is 2.31. The van der Waals surface area contributed by atoms with Crippen molar-refractivity contribution < 1.29 is 14.3 Å². The second kappa shape index (κ2) is 9.66. The molecule has 35 heavy (non-hydrogen) atoms. The van der Waals surface area contributed by atoms with Gasteiger partial charge in [-0.1, -0.05) is 59.7 Å². The molecule has 3 aromatic carbocycles. The quantitative estimate of drug-likeness (QED) is 0.371. The van der Waals surface area contributed by atoms with Gasteiger partial charge in [-0.2, -0.15) is 0 Å². The van der Waals surface area contributed by atoms with Crippen LogP contribution in [0.25, 0.3) is 33.5 Å². The lowest BCUT2D eigenvalue weighted by Crippen LogP contribution is -2.32. The highest BCUT2D eigenvalue weighted by atomic mass is 16.5. The number of esters is 1. The number of ether oxygens (including phenoxy) is 1. The molecule has 2 heterocycles. The van der Waals surface area contributed by atoms with Gasteiger partial charge in [0.15, 0.2) is 6.61 Å². The molecule has 0 spiro atoms. The van der Waals surface area contributed by atoms with Gasteiger partial charge in [0.1, 0.15) is 0 Å². The van der Waals surface area contributed by atoms with Crippen molar-refractivity contribution in [3.63, 3.8) is 0 Å². The molecule has 0 bridgehead atoms. The van der Waals surface area contributed by atoms with Gasteiger partial charge in [0.05, 0.1) is 28.0 Å². The summed E-state index contributed by atoms with van der Waals surface area (Å²) in [6.45, 7) is 5.31. The molecular formula is C29H27N3O3. The first-order chi connectivity index (χ1) is 17.0. The molecule has 5 rings (SSSR count). The molecule has 1 saturated heterocycles. The van der Waals surface area contributed by atoms with Gasteiger partial charge >= 0.3 is 5.97 Å². The van der Waals surface area contributed by atoms with Crippen LogP contribution in [-0.2, 0) is 9.53 Å². The molecule has 4 aromatic rings. The number of hydrogen-bond acceptors (Lipinski definition) is 5. The van der Waals surface area contributed by atoms with Crippen molar-refractivity contribution in [3.05, 3.63) is 83.4 Å². The molecule has 0 unspecified atom stereocenters. The Morgan fingerprint density at radius 1 is 0.771 bits per heavy atom. The maximum Gasteiger partial charge on any atom is 0.338 e. The largest absolute Gasteiger partial charge is 0.452 e. The summed E-state index contributed by atoms with van der Waals surface area (Å²) in [5.41, 5.74) is 7.41. The lowest BCUT2D eigenvalue weighted by Gasteiger charge is -2.15. The average Bonchev–Trinajstić information content (AvgIpc) is 3.42. The number of aromatic nitrogens is 2. The van der Waals surface area contributed by atoms with E-state index >= 15 is 0 Å². The summed E-state index contributed by atoms with van der Waals surface area (Å²) in [4.78, 5) is 36.5. The lowest BCUT2D eigenvalue weighted by atomic mass is 10.0. The average molecular weight is 466 g/mol. The summed E-state index contributed by atoms with van der Waals surface area (Å²) in [5.74, 6) is -0.693. The van der Waals surface area contributed by atoms with Crippen molar-refractivity contribution in [2.45, 2.75) is 26.7 Å². The molecule has 1 aromatic heterocycles. The highest BCUT2D eigenvalue weighted by Gasteiger charge is 2.20. The molecule has 0 aliphatic carbocycles. The molecule has 6 nitrogen and oxygen atoms in total. The van der Waals surface area contributed by atoms with Crippen molar-refractivity contribution in [2.75, 3.05) is 19.7 Å². The van der Waals surface area contributed by atoms with E-state index in [0.29, 0.717) is 16.6 Å². The first-order valence-electron chi connectivity index (χ1n) is 11.9. The first kappa shape index (κ1) is 22.7. The standard InChI is InChI=1S/C29H27N3O3/c1-19-5-9-21(10-6-19)27-28(22-11-7-20(2)8-12-22)31-25-17-23(13-14-24(25)30-27)29(34)35-18-26(33)32-15-3-4-16-32/h5-14,17H,3-4,15-16,18H2,1-2H3. The molecule has 176 valence electrons. The summed E-state index contributed by atoms with van der Waals surface area (Å²) in [6, 6.07) is 21.5. The predicted molar refractivity (Wildman–Crippen MR) is 136 cm³/mol. The van der Waals surface area contributed by atoms with E-state index in [-0.39, 0.29) is 12.5 Å². The monoisotopic (exact) mass is 465 g/mol. The van der Waals surface area contributed by atoms with Gasteiger partial charge in [-0.3, -0.25) is 4.79 Å². The van der Waals surface area contributed by atoms with Crippen LogP contribution in [0.3, 0.4) is 0 Å². The van der Waals surface area contributed by atoms with Gasteiger partial charge in [0, 0.05) is 24.2 Å². The van der Waals surface area contributed by atoms with E-state index in [1.54, 1.807) is 23.1 Å². The maximum absolute atomic E-state index is 12.7. The molecule has 1 fully saturated rings. The van der Waals surface area contributed by atoms with Crippen molar-refractivity contribution in [1.29, 1.82) is 0 Å². The van der Waals surface area contributed by atoms with Gasteiger partial charge < -0.3 is 9.64 Å². The number of hydrogen-bond donors (Lipinski definition) is 0. The van der Waals surface area contributed by atoms with Crippen LogP contribution in [0, 0.1) is 13.8 Å². The molecule has 1 aliphatic heterocycles. The van der Waals surface area contributed by atoms with E-state index in [1.807, 2.05) is 43.3 Å². The Kier molecular flexibility index (Phi) is 6.27. The van der Waals surface area contributed by atoms with E-state index in [1.165, 1.54) is 5.56 Å². The summed E-state index contributed by atoms with van der Waals surface area (Å²) in [7, 11) is 0. The van der Waals surface area contributed by atoms with Crippen LogP contribution in [0.15, 0.2) is 66.7 Å². The SMILES string of the molecule is Cc1ccc(-c2nc3ccc(C(=O)OCC(=O)N4CCCC4)cc3nc2-c2ccc(C)cc2)cc1. The van der Waals surface area contributed by atoms with Gasteiger partial charge in [0.25, 0.3) is 5.91 Å². The second-order valence-electron chi connectivity index (χ2n) is 9.02. The van der Waals surface area contributed by atoms with Gasteiger partial charge in [-0.05, 0) is 44.9 Å². The summed E-state index contributed by atoms with van der Waals surface area (Å²) < 4.78 is 5.31. The van der Waals surface area contributed by atoms with Crippen molar-refractivity contribution >= 4 is 22.9 Å². The van der Waals surface area contributed by atoms with E-state index < -0.39 is 5.97 Å². The molecule has 6 heteroatoms. The van der Waals surface area contributed by atoms with Crippen LogP contribution in [0.4, 0.5) is 0 Å². The Labute approximate surface area is 204 Å². The number of aryl methyl sites for hydroxylation is 2. The number of fused-ring (bicyclic) bond motifs is 1. The number of benzene rings is 3. The minimum Gasteiger partial charge on any atom is -0.452 e. The Bertz CT molecular complexity index is 1390. The number of carbonyl (C=O) groups is 2. The fourth-order valence-corrected chi connectivity index (χ4v) is 4.28. The van der Waals surface area contributed by atoms with Gasteiger partial charge in [-0.25, -0.2) is 14.8 Å². The molecule has 1 amide bonds. The highest BCUT2D eigenvalue weighted by molar-refractivity contribution is 5.96. The Balaban J connectivity index is 1.49. The predicted octanol–water partition coefficient (Wildman–Crippen LogP) is 5.36. The molecule has 0 N–H and O–H groups in total. The molecule has 0 saturated carbocycles. The second-order valence-corrected chi connectivity index (χ2v) is 9.02. The summed E-state index contributed by atoms with van der Waals surface area (Å²) in [6.07, 6.45) is 1.99. The Morgan fingerprint density at radius 2 is 1.31 bits per heavy atom. The number of rotatable bonds is 5. The normalized spacial score (nSPS) is 13.3. The van der Waals surface area contributed by atoms with Crippen LogP contribution in [0.5, 0.6) is 0 Å².